The number of benzene rings is 1. The second kappa shape index (κ2) is 9.10. The van der Waals surface area contributed by atoms with Crippen molar-refractivity contribution in [2.45, 2.75) is 39.9 Å². The molecule has 1 unspecified atom stereocenters. The Bertz CT molecular complexity index is 945. The van der Waals surface area contributed by atoms with Crippen molar-refractivity contribution in [1.82, 2.24) is 14.9 Å². The first-order valence-corrected chi connectivity index (χ1v) is 9.14. The molecule has 1 amide bonds. The number of amides is 1. The fourth-order valence-electron chi connectivity index (χ4n) is 2.77. The molecule has 2 aromatic rings. The highest BCUT2D eigenvalue weighted by atomic mass is 19.4. The maximum Gasteiger partial charge on any atom is 0.434 e. The van der Waals surface area contributed by atoms with Crippen LogP contribution in [0.3, 0.4) is 0 Å². The van der Waals surface area contributed by atoms with Crippen LogP contribution in [0, 0.1) is 24.1 Å². The van der Waals surface area contributed by atoms with E-state index in [1.165, 1.54) is 38.1 Å². The minimum Gasteiger partial charge on any atom is -0.357 e. The van der Waals surface area contributed by atoms with Crippen molar-refractivity contribution in [3.63, 3.8) is 0 Å². The molecule has 0 radical (unpaired) electrons. The van der Waals surface area contributed by atoms with Crippen LogP contribution in [-0.2, 0) is 11.0 Å². The lowest BCUT2D eigenvalue weighted by Crippen LogP contribution is -2.33. The van der Waals surface area contributed by atoms with Crippen molar-refractivity contribution >= 4 is 17.8 Å². The van der Waals surface area contributed by atoms with E-state index in [9.17, 15) is 22.4 Å². The largest absolute Gasteiger partial charge is 0.434 e. The van der Waals surface area contributed by atoms with E-state index in [0.29, 0.717) is 11.4 Å². The number of hydrogen-bond donors (Lipinski definition) is 3. The summed E-state index contributed by atoms with van der Waals surface area (Å²) in [5.41, 5.74) is 0.126. The van der Waals surface area contributed by atoms with Gasteiger partial charge in [-0.1, -0.05) is 13.8 Å². The van der Waals surface area contributed by atoms with Crippen LogP contribution < -0.4 is 10.6 Å². The fraction of sp³-hybridized carbons (Fsp3) is 0.350. The molecule has 0 saturated carbocycles. The van der Waals surface area contributed by atoms with Gasteiger partial charge >= 0.3 is 6.18 Å². The normalized spacial score (nSPS) is 13.6. The molecule has 10 heteroatoms. The number of aromatic nitrogens is 2. The number of nitrogens with one attached hydrogen (secondary N) is 3. The molecule has 0 aliphatic rings. The number of nitrogens with zero attached hydrogens (tertiary/aromatic N) is 2. The molecule has 1 atom stereocenters. The molecule has 162 valence electrons. The highest BCUT2D eigenvalue weighted by Gasteiger charge is 2.35. The molecule has 30 heavy (non-hydrogen) atoms. The fourth-order valence-corrected chi connectivity index (χ4v) is 2.77. The van der Waals surface area contributed by atoms with Crippen molar-refractivity contribution < 1.29 is 22.4 Å². The van der Waals surface area contributed by atoms with E-state index in [2.05, 4.69) is 15.6 Å². The number of carbonyl (C=O) groups is 1. The van der Waals surface area contributed by atoms with E-state index < -0.39 is 29.6 Å². The summed E-state index contributed by atoms with van der Waals surface area (Å²) in [6.07, 6.45) is -2.89. The van der Waals surface area contributed by atoms with Crippen LogP contribution in [0.25, 0.3) is 0 Å². The summed E-state index contributed by atoms with van der Waals surface area (Å²) in [6.45, 7) is 6.48. The van der Waals surface area contributed by atoms with Gasteiger partial charge in [-0.3, -0.25) is 4.79 Å². The van der Waals surface area contributed by atoms with E-state index in [0.717, 1.165) is 17.0 Å². The quantitative estimate of drug-likeness (QED) is 0.446. The Hall–Kier alpha value is -3.17. The SMILES string of the molecule is Cc1nc(C(F)(F)F)cn1C(C)C(=O)N/C(C=N)=C(/Nc1ccc(F)cc1)C(C)C. The number of allylic oxidation sites excluding steroid dienone is 2. The Kier molecular flexibility index (Phi) is 7.01. The van der Waals surface area contributed by atoms with E-state index >= 15 is 0 Å². The van der Waals surface area contributed by atoms with Crippen LogP contribution in [0.15, 0.2) is 41.9 Å². The molecule has 0 aliphatic heterocycles. The van der Waals surface area contributed by atoms with Crippen LogP contribution in [0.1, 0.15) is 38.3 Å². The lowest BCUT2D eigenvalue weighted by atomic mass is 10.1. The van der Waals surface area contributed by atoms with Gasteiger partial charge in [-0.2, -0.15) is 13.2 Å². The summed E-state index contributed by atoms with van der Waals surface area (Å²) >= 11 is 0. The summed E-state index contributed by atoms with van der Waals surface area (Å²) in [4.78, 5) is 16.2. The summed E-state index contributed by atoms with van der Waals surface area (Å²) in [5, 5.41) is 13.3. The first-order chi connectivity index (χ1) is 13.9. The number of imidazole rings is 1. The average molecular weight is 425 g/mol. The van der Waals surface area contributed by atoms with Crippen LogP contribution in [-0.4, -0.2) is 21.7 Å². The summed E-state index contributed by atoms with van der Waals surface area (Å²) in [6, 6.07) is 4.56. The summed E-state index contributed by atoms with van der Waals surface area (Å²) in [7, 11) is 0. The van der Waals surface area contributed by atoms with Gasteiger partial charge in [-0.15, -0.1) is 0 Å². The molecule has 6 nitrogen and oxygen atoms in total. The van der Waals surface area contributed by atoms with Gasteiger partial charge < -0.3 is 20.6 Å². The maximum atomic E-state index is 13.1. The lowest BCUT2D eigenvalue weighted by molar-refractivity contribution is -0.141. The van der Waals surface area contributed by atoms with Crippen molar-refractivity contribution in [2.24, 2.45) is 5.92 Å². The van der Waals surface area contributed by atoms with Crippen molar-refractivity contribution in [1.29, 1.82) is 5.41 Å². The number of aryl methyl sites for hydroxylation is 1. The zero-order valence-electron chi connectivity index (χ0n) is 16.9. The van der Waals surface area contributed by atoms with E-state index in [4.69, 9.17) is 5.41 Å². The number of halogens is 4. The van der Waals surface area contributed by atoms with Gasteiger partial charge in [0, 0.05) is 23.8 Å². The Morgan fingerprint density at radius 3 is 2.27 bits per heavy atom. The van der Waals surface area contributed by atoms with E-state index in [1.807, 2.05) is 13.8 Å². The van der Waals surface area contributed by atoms with Crippen molar-refractivity contribution in [2.75, 3.05) is 5.32 Å². The lowest BCUT2D eigenvalue weighted by Gasteiger charge is -2.21. The minimum absolute atomic E-state index is 0.0406. The molecular weight excluding hydrogens is 402 g/mol. The van der Waals surface area contributed by atoms with Gasteiger partial charge in [-0.25, -0.2) is 9.37 Å². The molecule has 0 aliphatic carbocycles. The first kappa shape index (κ1) is 23.1. The molecule has 1 aromatic carbocycles. The summed E-state index contributed by atoms with van der Waals surface area (Å²) in [5.74, 6) is -1.12. The third-order valence-electron chi connectivity index (χ3n) is 4.40. The van der Waals surface area contributed by atoms with Crippen LogP contribution in [0.5, 0.6) is 0 Å². The van der Waals surface area contributed by atoms with Gasteiger partial charge in [0.05, 0.1) is 5.70 Å². The number of anilines is 1. The molecule has 2 rings (SSSR count). The van der Waals surface area contributed by atoms with E-state index in [1.54, 1.807) is 0 Å². The molecule has 0 fully saturated rings. The minimum atomic E-state index is -4.61. The molecule has 1 aromatic heterocycles. The molecule has 0 bridgehead atoms. The summed E-state index contributed by atoms with van der Waals surface area (Å²) < 4.78 is 52.9. The van der Waals surface area contributed by atoms with Gasteiger partial charge in [-0.05, 0) is 44.0 Å². The molecule has 0 saturated heterocycles. The van der Waals surface area contributed by atoms with Gasteiger partial charge in [0.1, 0.15) is 17.7 Å². The van der Waals surface area contributed by atoms with Crippen molar-refractivity contribution in [3.8, 4) is 0 Å². The van der Waals surface area contributed by atoms with Gasteiger partial charge in [0.15, 0.2) is 5.69 Å². The average Bonchev–Trinajstić information content (AvgIpc) is 3.07. The standard InChI is InChI=1S/C20H23F4N5O/c1-11(2)18(27-15-7-5-14(21)6-8-15)16(9-25)28-19(30)12(3)29-10-17(20(22,23)24)26-13(29)4/h5-12,25,27H,1-4H3,(H,28,30)/b18-16+,25-9?. The predicted molar refractivity (Wildman–Crippen MR) is 105 cm³/mol. The Morgan fingerprint density at radius 2 is 1.80 bits per heavy atom. The second-order valence-electron chi connectivity index (χ2n) is 7.00. The highest BCUT2D eigenvalue weighted by Crippen LogP contribution is 2.29. The number of hydrogen-bond acceptors (Lipinski definition) is 4. The Labute approximate surface area is 171 Å². The van der Waals surface area contributed by atoms with Gasteiger partial charge in [0.25, 0.3) is 0 Å². The number of rotatable bonds is 7. The van der Waals surface area contributed by atoms with E-state index in [-0.39, 0.29) is 17.4 Å². The number of alkyl halides is 3. The third kappa shape index (κ3) is 5.46. The third-order valence-corrected chi connectivity index (χ3v) is 4.40. The number of carbonyl (C=O) groups excluding carboxylic acids is 1. The Balaban J connectivity index is 2.29. The first-order valence-electron chi connectivity index (χ1n) is 9.14. The van der Waals surface area contributed by atoms with Crippen molar-refractivity contribution in [3.05, 3.63) is 59.2 Å². The van der Waals surface area contributed by atoms with Crippen LogP contribution in [0.4, 0.5) is 23.2 Å². The van der Waals surface area contributed by atoms with Crippen LogP contribution in [0.2, 0.25) is 0 Å². The van der Waals surface area contributed by atoms with Crippen LogP contribution >= 0.6 is 0 Å². The monoisotopic (exact) mass is 425 g/mol. The van der Waals surface area contributed by atoms with Gasteiger partial charge in [0.2, 0.25) is 5.91 Å². The maximum absolute atomic E-state index is 13.1. The zero-order valence-corrected chi connectivity index (χ0v) is 16.9. The molecular formula is C20H23F4N5O. The Morgan fingerprint density at radius 1 is 1.20 bits per heavy atom. The smallest absolute Gasteiger partial charge is 0.357 e. The molecule has 0 spiro atoms. The highest BCUT2D eigenvalue weighted by molar-refractivity contribution is 5.90. The molecule has 3 N–H and O–H groups in total. The topological polar surface area (TPSA) is 82.8 Å². The zero-order chi connectivity index (χ0) is 22.6. The molecule has 1 heterocycles. The predicted octanol–water partition coefficient (Wildman–Crippen LogP) is 4.66. The second-order valence-corrected chi connectivity index (χ2v) is 7.00.